The van der Waals surface area contributed by atoms with E-state index in [2.05, 4.69) is 15.1 Å². The Bertz CT molecular complexity index is 436. The van der Waals surface area contributed by atoms with E-state index in [1.807, 2.05) is 6.07 Å². The van der Waals surface area contributed by atoms with Gasteiger partial charge in [0, 0.05) is 19.6 Å². The molecule has 102 valence electrons. The Labute approximate surface area is 112 Å². The van der Waals surface area contributed by atoms with Crippen LogP contribution in [0.3, 0.4) is 0 Å². The molecule has 0 N–H and O–H groups in total. The zero-order valence-electron chi connectivity index (χ0n) is 10.9. The lowest BCUT2D eigenvalue weighted by Crippen LogP contribution is -2.36. The number of nitrogens with zero attached hydrogens (tertiary/aromatic N) is 4. The summed E-state index contributed by atoms with van der Waals surface area (Å²) in [7, 11) is 0. The standard InChI is InChI=1S/C13H18N4O2/c18-13(17-9-3-4-10-19-17)11-5-6-12(15-14-11)16-7-1-2-8-16/h5-6H,1-4,7-10H2. The highest BCUT2D eigenvalue weighted by Gasteiger charge is 2.21. The fourth-order valence-electron chi connectivity index (χ4n) is 2.44. The van der Waals surface area contributed by atoms with Crippen LogP contribution in [0.25, 0.3) is 0 Å². The van der Waals surface area contributed by atoms with Gasteiger partial charge >= 0.3 is 0 Å². The minimum absolute atomic E-state index is 0.194. The minimum Gasteiger partial charge on any atom is -0.355 e. The molecule has 0 radical (unpaired) electrons. The molecule has 2 saturated heterocycles. The number of hydrogen-bond acceptors (Lipinski definition) is 5. The van der Waals surface area contributed by atoms with Crippen LogP contribution in [-0.2, 0) is 4.84 Å². The molecule has 0 aromatic carbocycles. The highest BCUT2D eigenvalue weighted by Crippen LogP contribution is 2.17. The van der Waals surface area contributed by atoms with Crippen molar-refractivity contribution in [2.24, 2.45) is 0 Å². The quantitative estimate of drug-likeness (QED) is 0.802. The van der Waals surface area contributed by atoms with Crippen molar-refractivity contribution in [2.45, 2.75) is 25.7 Å². The first kappa shape index (κ1) is 12.3. The zero-order chi connectivity index (χ0) is 13.1. The molecular formula is C13H18N4O2. The van der Waals surface area contributed by atoms with Crippen LogP contribution in [0.2, 0.25) is 0 Å². The Kier molecular flexibility index (Phi) is 3.59. The molecule has 0 saturated carbocycles. The first-order valence-corrected chi connectivity index (χ1v) is 6.88. The van der Waals surface area contributed by atoms with Crippen molar-refractivity contribution < 1.29 is 9.63 Å². The largest absolute Gasteiger partial charge is 0.355 e. The van der Waals surface area contributed by atoms with Gasteiger partial charge in [-0.3, -0.25) is 9.63 Å². The molecule has 0 spiro atoms. The lowest BCUT2D eigenvalue weighted by molar-refractivity contribution is -0.144. The molecular weight excluding hydrogens is 244 g/mol. The van der Waals surface area contributed by atoms with Gasteiger partial charge in [0.25, 0.3) is 5.91 Å². The van der Waals surface area contributed by atoms with Gasteiger partial charge in [-0.05, 0) is 37.8 Å². The van der Waals surface area contributed by atoms with Gasteiger partial charge in [-0.25, -0.2) is 5.06 Å². The second kappa shape index (κ2) is 5.52. The summed E-state index contributed by atoms with van der Waals surface area (Å²) >= 11 is 0. The molecule has 0 unspecified atom stereocenters. The van der Waals surface area contributed by atoms with E-state index in [0.717, 1.165) is 31.7 Å². The highest BCUT2D eigenvalue weighted by atomic mass is 16.7. The number of anilines is 1. The highest BCUT2D eigenvalue weighted by molar-refractivity contribution is 5.91. The molecule has 2 aliphatic rings. The third-order valence-corrected chi connectivity index (χ3v) is 3.53. The number of hydroxylamine groups is 2. The molecule has 2 aliphatic heterocycles. The van der Waals surface area contributed by atoms with Crippen molar-refractivity contribution in [1.29, 1.82) is 0 Å². The number of amides is 1. The Morgan fingerprint density at radius 1 is 1.05 bits per heavy atom. The molecule has 2 fully saturated rings. The SMILES string of the molecule is O=C(c1ccc(N2CCCC2)nn1)N1CCCCO1. The van der Waals surface area contributed by atoms with E-state index >= 15 is 0 Å². The third-order valence-electron chi connectivity index (χ3n) is 3.53. The smallest absolute Gasteiger partial charge is 0.297 e. The second-order valence-corrected chi connectivity index (χ2v) is 4.92. The molecule has 0 atom stereocenters. The molecule has 3 rings (SSSR count). The predicted octanol–water partition coefficient (Wildman–Crippen LogP) is 1.24. The van der Waals surface area contributed by atoms with Crippen LogP contribution in [0.1, 0.15) is 36.2 Å². The third kappa shape index (κ3) is 2.68. The van der Waals surface area contributed by atoms with Crippen LogP contribution in [0.5, 0.6) is 0 Å². The number of hydrogen-bond donors (Lipinski definition) is 0. The van der Waals surface area contributed by atoms with Crippen molar-refractivity contribution >= 4 is 11.7 Å². The Hall–Kier alpha value is -1.69. The average Bonchev–Trinajstić information content (AvgIpc) is 3.02. The Balaban J connectivity index is 1.69. The normalized spacial score (nSPS) is 19.8. The van der Waals surface area contributed by atoms with Crippen LogP contribution in [0.4, 0.5) is 5.82 Å². The van der Waals surface area contributed by atoms with E-state index in [-0.39, 0.29) is 5.91 Å². The molecule has 1 aromatic rings. The topological polar surface area (TPSA) is 58.6 Å². The minimum atomic E-state index is -0.194. The van der Waals surface area contributed by atoms with Crippen LogP contribution >= 0.6 is 0 Å². The van der Waals surface area contributed by atoms with E-state index < -0.39 is 0 Å². The molecule has 0 bridgehead atoms. The fourth-order valence-corrected chi connectivity index (χ4v) is 2.44. The predicted molar refractivity (Wildman–Crippen MR) is 69.7 cm³/mol. The Morgan fingerprint density at radius 2 is 1.84 bits per heavy atom. The maximum absolute atomic E-state index is 12.1. The van der Waals surface area contributed by atoms with Crippen molar-refractivity contribution in [1.82, 2.24) is 15.3 Å². The summed E-state index contributed by atoms with van der Waals surface area (Å²) in [5.74, 6) is 0.661. The lowest BCUT2D eigenvalue weighted by Gasteiger charge is -2.25. The number of carbonyl (C=O) groups excluding carboxylic acids is 1. The van der Waals surface area contributed by atoms with Crippen molar-refractivity contribution in [3.63, 3.8) is 0 Å². The lowest BCUT2D eigenvalue weighted by atomic mass is 10.3. The van der Waals surface area contributed by atoms with Gasteiger partial charge in [0.15, 0.2) is 11.5 Å². The summed E-state index contributed by atoms with van der Waals surface area (Å²) in [4.78, 5) is 19.6. The summed E-state index contributed by atoms with van der Waals surface area (Å²) in [5.41, 5.74) is 0.352. The first-order valence-electron chi connectivity index (χ1n) is 6.88. The maximum Gasteiger partial charge on any atom is 0.297 e. The van der Waals surface area contributed by atoms with Crippen LogP contribution in [-0.4, -0.2) is 47.4 Å². The van der Waals surface area contributed by atoms with Gasteiger partial charge in [-0.15, -0.1) is 10.2 Å². The van der Waals surface area contributed by atoms with Crippen molar-refractivity contribution in [2.75, 3.05) is 31.1 Å². The van der Waals surface area contributed by atoms with E-state index in [0.29, 0.717) is 18.8 Å². The van der Waals surface area contributed by atoms with Crippen molar-refractivity contribution in [3.05, 3.63) is 17.8 Å². The summed E-state index contributed by atoms with van der Waals surface area (Å²) in [5, 5.41) is 9.58. The van der Waals surface area contributed by atoms with E-state index in [4.69, 9.17) is 4.84 Å². The van der Waals surface area contributed by atoms with E-state index in [9.17, 15) is 4.79 Å². The fraction of sp³-hybridized carbons (Fsp3) is 0.615. The second-order valence-electron chi connectivity index (χ2n) is 4.92. The molecule has 3 heterocycles. The first-order chi connectivity index (χ1) is 9.34. The molecule has 1 amide bonds. The van der Waals surface area contributed by atoms with Gasteiger partial charge in [0.2, 0.25) is 0 Å². The van der Waals surface area contributed by atoms with E-state index in [1.54, 1.807) is 6.07 Å². The summed E-state index contributed by atoms with van der Waals surface area (Å²) in [6.45, 7) is 3.29. The molecule has 6 heteroatoms. The summed E-state index contributed by atoms with van der Waals surface area (Å²) < 4.78 is 0. The number of aromatic nitrogens is 2. The van der Waals surface area contributed by atoms with Crippen molar-refractivity contribution in [3.8, 4) is 0 Å². The van der Waals surface area contributed by atoms with E-state index in [1.165, 1.54) is 17.9 Å². The number of carbonyl (C=O) groups is 1. The summed E-state index contributed by atoms with van der Waals surface area (Å²) in [6.07, 6.45) is 4.38. The monoisotopic (exact) mass is 262 g/mol. The molecule has 0 aliphatic carbocycles. The zero-order valence-corrected chi connectivity index (χ0v) is 10.9. The van der Waals surface area contributed by atoms with Gasteiger partial charge in [0.05, 0.1) is 6.61 Å². The number of rotatable bonds is 2. The van der Waals surface area contributed by atoms with Crippen LogP contribution in [0, 0.1) is 0 Å². The van der Waals surface area contributed by atoms with Gasteiger partial charge in [-0.1, -0.05) is 0 Å². The van der Waals surface area contributed by atoms with Crippen LogP contribution < -0.4 is 4.90 Å². The molecule has 6 nitrogen and oxygen atoms in total. The molecule has 1 aromatic heterocycles. The summed E-state index contributed by atoms with van der Waals surface area (Å²) in [6, 6.07) is 3.61. The maximum atomic E-state index is 12.1. The Morgan fingerprint density at radius 3 is 2.47 bits per heavy atom. The van der Waals surface area contributed by atoms with Gasteiger partial charge < -0.3 is 4.90 Å². The van der Waals surface area contributed by atoms with Gasteiger partial charge in [-0.2, -0.15) is 0 Å². The van der Waals surface area contributed by atoms with Gasteiger partial charge in [0.1, 0.15) is 0 Å². The van der Waals surface area contributed by atoms with Crippen LogP contribution in [0.15, 0.2) is 12.1 Å². The molecule has 19 heavy (non-hydrogen) atoms. The average molecular weight is 262 g/mol.